The highest BCUT2D eigenvalue weighted by Gasteiger charge is 1.95. The molecule has 2 nitrogen and oxygen atoms in total. The number of carbonyl (C=O) groups excluding carboxylic acids is 1. The van der Waals surface area contributed by atoms with Crippen LogP contribution in [0.5, 0.6) is 5.75 Å². The Morgan fingerprint density at radius 1 is 1.31 bits per heavy atom. The van der Waals surface area contributed by atoms with Gasteiger partial charge in [-0.25, -0.2) is 0 Å². The first-order chi connectivity index (χ1) is 6.22. The zero-order valence-corrected chi connectivity index (χ0v) is 7.78. The predicted octanol–water partition coefficient (Wildman–Crippen LogP) is 2.65. The number of ether oxygens (including phenoxy) is 1. The van der Waals surface area contributed by atoms with E-state index in [2.05, 4.69) is 0 Å². The summed E-state index contributed by atoms with van der Waals surface area (Å²) in [5.74, 6) is 0.291. The molecule has 0 amide bonds. The second-order valence-corrected chi connectivity index (χ2v) is 2.66. The van der Waals surface area contributed by atoms with E-state index in [1.54, 1.807) is 12.1 Å². The third-order valence-electron chi connectivity index (χ3n) is 1.50. The number of hydrogen-bond acceptors (Lipinski definition) is 2. The average Bonchev–Trinajstić information content (AvgIpc) is 2.08. The third-order valence-corrected chi connectivity index (χ3v) is 1.50. The van der Waals surface area contributed by atoms with Crippen molar-refractivity contribution in [3.63, 3.8) is 0 Å². The summed E-state index contributed by atoms with van der Waals surface area (Å²) in [5, 5.41) is 0. The molecule has 0 atom stereocenters. The summed E-state index contributed by atoms with van der Waals surface area (Å²) >= 11 is 0. The molecule has 0 bridgehead atoms. The Morgan fingerprint density at radius 3 is 2.38 bits per heavy atom. The maximum absolute atomic E-state index is 10.6. The van der Waals surface area contributed by atoms with Gasteiger partial charge >= 0.3 is 5.97 Å². The van der Waals surface area contributed by atoms with Crippen LogP contribution in [0.15, 0.2) is 30.3 Å². The highest BCUT2D eigenvalue weighted by molar-refractivity contribution is 5.69. The van der Waals surface area contributed by atoms with Gasteiger partial charge < -0.3 is 4.74 Å². The van der Waals surface area contributed by atoms with E-state index in [1.807, 2.05) is 31.2 Å². The molecular formula is C11H12O2. The molecule has 0 aromatic heterocycles. The molecule has 1 aromatic carbocycles. The Kier molecular flexibility index (Phi) is 3.26. The minimum atomic E-state index is -0.293. The van der Waals surface area contributed by atoms with Crippen LogP contribution in [-0.4, -0.2) is 5.97 Å². The molecule has 0 aliphatic carbocycles. The van der Waals surface area contributed by atoms with E-state index in [-0.39, 0.29) is 5.97 Å². The minimum Gasteiger partial charge on any atom is -0.427 e. The summed E-state index contributed by atoms with van der Waals surface area (Å²) in [6.07, 6.45) is 3.94. The Hall–Kier alpha value is -1.57. The molecule has 1 rings (SSSR count). The van der Waals surface area contributed by atoms with Gasteiger partial charge in [0, 0.05) is 6.92 Å². The van der Waals surface area contributed by atoms with Crippen LogP contribution in [0.25, 0.3) is 6.08 Å². The quantitative estimate of drug-likeness (QED) is 0.511. The van der Waals surface area contributed by atoms with E-state index >= 15 is 0 Å². The first kappa shape index (κ1) is 9.52. The SMILES string of the molecule is CC=Cc1ccc(OC(C)=O)cc1. The van der Waals surface area contributed by atoms with E-state index < -0.39 is 0 Å². The molecule has 0 unspecified atom stereocenters. The van der Waals surface area contributed by atoms with Crippen molar-refractivity contribution in [2.24, 2.45) is 0 Å². The summed E-state index contributed by atoms with van der Waals surface area (Å²) in [7, 11) is 0. The topological polar surface area (TPSA) is 26.3 Å². The standard InChI is InChI=1S/C11H12O2/c1-3-4-10-5-7-11(8-6-10)13-9(2)12/h3-8H,1-2H3. The summed E-state index contributed by atoms with van der Waals surface area (Å²) in [6.45, 7) is 3.35. The van der Waals surface area contributed by atoms with Gasteiger partial charge in [-0.1, -0.05) is 24.3 Å². The van der Waals surface area contributed by atoms with Crippen LogP contribution in [0.3, 0.4) is 0 Å². The molecule has 13 heavy (non-hydrogen) atoms. The van der Waals surface area contributed by atoms with E-state index in [4.69, 9.17) is 4.74 Å². The molecule has 0 spiro atoms. The molecule has 0 aliphatic rings. The molecule has 1 aromatic rings. The fraction of sp³-hybridized carbons (Fsp3) is 0.182. The van der Waals surface area contributed by atoms with Gasteiger partial charge in [0.1, 0.15) is 5.75 Å². The van der Waals surface area contributed by atoms with Crippen molar-refractivity contribution in [1.82, 2.24) is 0 Å². The summed E-state index contributed by atoms with van der Waals surface area (Å²) < 4.78 is 4.88. The molecule has 0 saturated carbocycles. The number of hydrogen-bond donors (Lipinski definition) is 0. The van der Waals surface area contributed by atoms with Crippen molar-refractivity contribution in [3.05, 3.63) is 35.9 Å². The lowest BCUT2D eigenvalue weighted by atomic mass is 10.2. The molecular weight excluding hydrogens is 164 g/mol. The zero-order chi connectivity index (χ0) is 9.68. The molecule has 0 fully saturated rings. The van der Waals surface area contributed by atoms with Crippen LogP contribution >= 0.6 is 0 Å². The predicted molar refractivity (Wildman–Crippen MR) is 52.5 cm³/mol. The maximum atomic E-state index is 10.6. The lowest BCUT2D eigenvalue weighted by Crippen LogP contribution is -2.00. The summed E-state index contributed by atoms with van der Waals surface area (Å²) in [6, 6.07) is 7.35. The second-order valence-electron chi connectivity index (χ2n) is 2.66. The van der Waals surface area contributed by atoms with Gasteiger partial charge in [0.15, 0.2) is 0 Å². The Labute approximate surface area is 77.8 Å². The fourth-order valence-electron chi connectivity index (χ4n) is 1.01. The van der Waals surface area contributed by atoms with Crippen LogP contribution in [-0.2, 0) is 4.79 Å². The number of benzene rings is 1. The van der Waals surface area contributed by atoms with Crippen LogP contribution in [0.1, 0.15) is 19.4 Å². The van der Waals surface area contributed by atoms with Crippen LogP contribution in [0, 0.1) is 0 Å². The van der Waals surface area contributed by atoms with Gasteiger partial charge in [0.2, 0.25) is 0 Å². The van der Waals surface area contributed by atoms with E-state index in [0.29, 0.717) is 5.75 Å². The molecule has 0 heterocycles. The summed E-state index contributed by atoms with van der Waals surface area (Å²) in [4.78, 5) is 10.6. The van der Waals surface area contributed by atoms with Crippen LogP contribution in [0.2, 0.25) is 0 Å². The minimum absolute atomic E-state index is 0.293. The van der Waals surface area contributed by atoms with Gasteiger partial charge in [0.25, 0.3) is 0 Å². The molecule has 0 N–H and O–H groups in total. The first-order valence-corrected chi connectivity index (χ1v) is 4.13. The number of carbonyl (C=O) groups is 1. The number of allylic oxidation sites excluding steroid dienone is 1. The Balaban J connectivity index is 2.75. The fourth-order valence-corrected chi connectivity index (χ4v) is 1.01. The average molecular weight is 176 g/mol. The molecule has 2 heteroatoms. The smallest absolute Gasteiger partial charge is 0.308 e. The number of rotatable bonds is 2. The Bertz CT molecular complexity index is 309. The first-order valence-electron chi connectivity index (χ1n) is 4.13. The number of esters is 1. The monoisotopic (exact) mass is 176 g/mol. The van der Waals surface area contributed by atoms with Crippen molar-refractivity contribution in [1.29, 1.82) is 0 Å². The molecule has 0 aliphatic heterocycles. The van der Waals surface area contributed by atoms with Gasteiger partial charge in [-0.2, -0.15) is 0 Å². The van der Waals surface area contributed by atoms with Gasteiger partial charge in [-0.15, -0.1) is 0 Å². The van der Waals surface area contributed by atoms with Crippen molar-refractivity contribution in [2.45, 2.75) is 13.8 Å². The van der Waals surface area contributed by atoms with Gasteiger partial charge in [-0.3, -0.25) is 4.79 Å². The largest absolute Gasteiger partial charge is 0.427 e. The summed E-state index contributed by atoms with van der Waals surface area (Å²) in [5.41, 5.74) is 1.10. The van der Waals surface area contributed by atoms with Gasteiger partial charge in [0.05, 0.1) is 0 Å². The zero-order valence-electron chi connectivity index (χ0n) is 7.78. The van der Waals surface area contributed by atoms with Crippen LogP contribution < -0.4 is 4.74 Å². The van der Waals surface area contributed by atoms with Gasteiger partial charge in [-0.05, 0) is 24.6 Å². The van der Waals surface area contributed by atoms with E-state index in [1.165, 1.54) is 6.92 Å². The molecule has 0 radical (unpaired) electrons. The third kappa shape index (κ3) is 3.11. The molecule has 68 valence electrons. The lowest BCUT2D eigenvalue weighted by Gasteiger charge is -2.00. The van der Waals surface area contributed by atoms with Crippen LogP contribution in [0.4, 0.5) is 0 Å². The van der Waals surface area contributed by atoms with E-state index in [0.717, 1.165) is 5.56 Å². The van der Waals surface area contributed by atoms with Crippen molar-refractivity contribution in [2.75, 3.05) is 0 Å². The van der Waals surface area contributed by atoms with Crippen molar-refractivity contribution in [3.8, 4) is 5.75 Å². The maximum Gasteiger partial charge on any atom is 0.308 e. The normalized spacial score (nSPS) is 10.3. The Morgan fingerprint density at radius 2 is 1.92 bits per heavy atom. The second kappa shape index (κ2) is 4.45. The van der Waals surface area contributed by atoms with Crippen molar-refractivity contribution >= 4 is 12.0 Å². The van der Waals surface area contributed by atoms with Crippen molar-refractivity contribution < 1.29 is 9.53 Å². The highest BCUT2D eigenvalue weighted by Crippen LogP contribution is 2.13. The van der Waals surface area contributed by atoms with E-state index in [9.17, 15) is 4.79 Å². The molecule has 0 saturated heterocycles. The highest BCUT2D eigenvalue weighted by atomic mass is 16.5. The lowest BCUT2D eigenvalue weighted by molar-refractivity contribution is -0.131.